The van der Waals surface area contributed by atoms with Crippen LogP contribution < -0.4 is 5.73 Å². The molecule has 72 valence electrons. The van der Waals surface area contributed by atoms with E-state index in [0.29, 0.717) is 11.5 Å². The van der Waals surface area contributed by atoms with Crippen molar-refractivity contribution in [2.24, 2.45) is 0 Å². The molecule has 6 heteroatoms. The van der Waals surface area contributed by atoms with E-state index in [4.69, 9.17) is 10.8 Å². The molecule has 6 nitrogen and oxygen atoms in total. The van der Waals surface area contributed by atoms with Crippen molar-refractivity contribution < 1.29 is 9.90 Å². The first kappa shape index (κ1) is 8.49. The Hall–Kier alpha value is -2.11. The van der Waals surface area contributed by atoms with Crippen LogP contribution in [0.2, 0.25) is 0 Å². The number of fused-ring (bicyclic) bond motifs is 1. The minimum Gasteiger partial charge on any atom is -0.477 e. The second kappa shape index (κ2) is 2.69. The molecular formula is C8H8N4O2. The van der Waals surface area contributed by atoms with Gasteiger partial charge in [-0.05, 0) is 6.92 Å². The molecule has 0 aliphatic heterocycles. The Morgan fingerprint density at radius 3 is 3.00 bits per heavy atom. The SMILES string of the molecule is Cc1cc(N)n2ncc(C(=O)O)c2n1. The Morgan fingerprint density at radius 1 is 1.64 bits per heavy atom. The van der Waals surface area contributed by atoms with Crippen molar-refractivity contribution >= 4 is 17.4 Å². The molecule has 3 N–H and O–H groups in total. The quantitative estimate of drug-likeness (QED) is 0.678. The van der Waals surface area contributed by atoms with Crippen LogP contribution in [0.5, 0.6) is 0 Å². The molecule has 0 aliphatic rings. The summed E-state index contributed by atoms with van der Waals surface area (Å²) in [5, 5.41) is 12.6. The number of carboxylic acid groups (broad SMARTS) is 1. The predicted octanol–water partition coefficient (Wildman–Crippen LogP) is 0.318. The van der Waals surface area contributed by atoms with Crippen LogP contribution in [0.1, 0.15) is 16.1 Å². The summed E-state index contributed by atoms with van der Waals surface area (Å²) in [7, 11) is 0. The number of nitrogen functional groups attached to an aromatic ring is 1. The van der Waals surface area contributed by atoms with Gasteiger partial charge in [0.15, 0.2) is 5.65 Å². The maximum Gasteiger partial charge on any atom is 0.341 e. The fourth-order valence-electron chi connectivity index (χ4n) is 1.26. The van der Waals surface area contributed by atoms with Gasteiger partial charge in [-0.15, -0.1) is 0 Å². The molecule has 0 radical (unpaired) electrons. The van der Waals surface area contributed by atoms with E-state index in [9.17, 15) is 4.79 Å². The zero-order valence-electron chi connectivity index (χ0n) is 7.43. The fourth-order valence-corrected chi connectivity index (χ4v) is 1.26. The first-order chi connectivity index (χ1) is 6.59. The summed E-state index contributed by atoms with van der Waals surface area (Å²) in [6.45, 7) is 1.75. The number of carbonyl (C=O) groups is 1. The number of aryl methyl sites for hydroxylation is 1. The van der Waals surface area contributed by atoms with Gasteiger partial charge in [-0.2, -0.15) is 9.61 Å². The molecule has 0 amide bonds. The van der Waals surface area contributed by atoms with E-state index in [2.05, 4.69) is 10.1 Å². The molecule has 0 saturated carbocycles. The maximum atomic E-state index is 10.8. The van der Waals surface area contributed by atoms with Gasteiger partial charge in [0, 0.05) is 11.8 Å². The smallest absolute Gasteiger partial charge is 0.341 e. The van der Waals surface area contributed by atoms with Gasteiger partial charge in [-0.1, -0.05) is 0 Å². The highest BCUT2D eigenvalue weighted by atomic mass is 16.4. The number of nitrogens with zero attached hydrogens (tertiary/aromatic N) is 3. The Kier molecular flexibility index (Phi) is 1.63. The van der Waals surface area contributed by atoms with Crippen molar-refractivity contribution in [1.82, 2.24) is 14.6 Å². The van der Waals surface area contributed by atoms with Gasteiger partial charge in [-0.3, -0.25) is 0 Å². The molecule has 0 aromatic carbocycles. The largest absolute Gasteiger partial charge is 0.477 e. The molecule has 2 heterocycles. The average molecular weight is 192 g/mol. The highest BCUT2D eigenvalue weighted by Crippen LogP contribution is 2.12. The van der Waals surface area contributed by atoms with Gasteiger partial charge < -0.3 is 10.8 Å². The lowest BCUT2D eigenvalue weighted by Crippen LogP contribution is -2.03. The minimum atomic E-state index is -1.06. The molecule has 0 bridgehead atoms. The van der Waals surface area contributed by atoms with E-state index in [1.54, 1.807) is 13.0 Å². The summed E-state index contributed by atoms with van der Waals surface area (Å²) < 4.78 is 1.30. The zero-order chi connectivity index (χ0) is 10.3. The third-order valence-corrected chi connectivity index (χ3v) is 1.86. The molecule has 0 saturated heterocycles. The number of anilines is 1. The van der Waals surface area contributed by atoms with Crippen LogP contribution in [0.25, 0.3) is 5.65 Å². The van der Waals surface area contributed by atoms with Gasteiger partial charge in [0.25, 0.3) is 0 Å². The molecule has 0 fully saturated rings. The predicted molar refractivity (Wildman–Crippen MR) is 49.1 cm³/mol. The second-order valence-corrected chi connectivity index (χ2v) is 2.92. The second-order valence-electron chi connectivity index (χ2n) is 2.92. The van der Waals surface area contributed by atoms with Crippen molar-refractivity contribution in [3.05, 3.63) is 23.5 Å². The van der Waals surface area contributed by atoms with Crippen molar-refractivity contribution in [2.45, 2.75) is 6.92 Å². The molecule has 2 rings (SSSR count). The van der Waals surface area contributed by atoms with Crippen LogP contribution in [0.3, 0.4) is 0 Å². The number of rotatable bonds is 1. The van der Waals surface area contributed by atoms with Crippen LogP contribution in [0.15, 0.2) is 12.3 Å². The number of aromatic nitrogens is 3. The van der Waals surface area contributed by atoms with Crippen LogP contribution in [0.4, 0.5) is 5.82 Å². The molecular weight excluding hydrogens is 184 g/mol. The van der Waals surface area contributed by atoms with Crippen molar-refractivity contribution in [1.29, 1.82) is 0 Å². The van der Waals surface area contributed by atoms with Crippen LogP contribution in [-0.2, 0) is 0 Å². The third kappa shape index (κ3) is 1.08. The Labute approximate surface area is 79.0 Å². The molecule has 0 aliphatic carbocycles. The lowest BCUT2D eigenvalue weighted by Gasteiger charge is -1.99. The molecule has 14 heavy (non-hydrogen) atoms. The summed E-state index contributed by atoms with van der Waals surface area (Å²) in [5.74, 6) is -0.683. The van der Waals surface area contributed by atoms with E-state index >= 15 is 0 Å². The summed E-state index contributed by atoms with van der Waals surface area (Å²) in [6, 6.07) is 1.63. The van der Waals surface area contributed by atoms with Crippen molar-refractivity contribution in [3.63, 3.8) is 0 Å². The van der Waals surface area contributed by atoms with Gasteiger partial charge in [0.2, 0.25) is 0 Å². The van der Waals surface area contributed by atoms with Crippen LogP contribution in [-0.4, -0.2) is 25.7 Å². The molecule has 0 spiro atoms. The topological polar surface area (TPSA) is 93.5 Å². The lowest BCUT2D eigenvalue weighted by atomic mass is 10.3. The summed E-state index contributed by atoms with van der Waals surface area (Å²) >= 11 is 0. The molecule has 0 atom stereocenters. The van der Waals surface area contributed by atoms with Crippen LogP contribution in [0, 0.1) is 6.92 Å². The van der Waals surface area contributed by atoms with Gasteiger partial charge in [0.1, 0.15) is 11.4 Å². The number of hydrogen-bond acceptors (Lipinski definition) is 4. The highest BCUT2D eigenvalue weighted by molar-refractivity contribution is 5.94. The Morgan fingerprint density at radius 2 is 2.36 bits per heavy atom. The zero-order valence-corrected chi connectivity index (χ0v) is 7.43. The fraction of sp³-hybridized carbons (Fsp3) is 0.125. The Bertz CT molecular complexity index is 517. The number of carboxylic acids is 1. The molecule has 2 aromatic heterocycles. The van der Waals surface area contributed by atoms with Gasteiger partial charge >= 0.3 is 5.97 Å². The lowest BCUT2D eigenvalue weighted by molar-refractivity contribution is 0.0699. The van der Waals surface area contributed by atoms with Crippen LogP contribution >= 0.6 is 0 Å². The number of nitrogens with two attached hydrogens (primary N) is 1. The van der Waals surface area contributed by atoms with E-state index in [1.807, 2.05) is 0 Å². The Balaban J connectivity index is 2.85. The first-order valence-electron chi connectivity index (χ1n) is 3.94. The van der Waals surface area contributed by atoms with Crippen molar-refractivity contribution in [3.8, 4) is 0 Å². The van der Waals surface area contributed by atoms with Crippen molar-refractivity contribution in [2.75, 3.05) is 5.73 Å². The first-order valence-corrected chi connectivity index (χ1v) is 3.94. The minimum absolute atomic E-state index is 0.0559. The van der Waals surface area contributed by atoms with E-state index in [1.165, 1.54) is 10.7 Å². The molecule has 0 unspecified atom stereocenters. The summed E-state index contributed by atoms with van der Waals surface area (Å²) in [4.78, 5) is 14.8. The van der Waals surface area contributed by atoms with E-state index < -0.39 is 5.97 Å². The standard InChI is InChI=1S/C8H8N4O2/c1-4-2-6(9)12-7(11-4)5(3-10-12)8(13)14/h2-3H,9H2,1H3,(H,13,14). The number of hydrogen-bond donors (Lipinski definition) is 2. The monoisotopic (exact) mass is 192 g/mol. The van der Waals surface area contributed by atoms with E-state index in [-0.39, 0.29) is 11.2 Å². The van der Waals surface area contributed by atoms with E-state index in [0.717, 1.165) is 0 Å². The normalized spacial score (nSPS) is 10.6. The number of aromatic carboxylic acids is 1. The average Bonchev–Trinajstić information content (AvgIpc) is 2.47. The third-order valence-electron chi connectivity index (χ3n) is 1.86. The van der Waals surface area contributed by atoms with Gasteiger partial charge in [0.05, 0.1) is 6.20 Å². The highest BCUT2D eigenvalue weighted by Gasteiger charge is 2.13. The summed E-state index contributed by atoms with van der Waals surface area (Å²) in [5.41, 5.74) is 6.63. The van der Waals surface area contributed by atoms with Gasteiger partial charge in [-0.25, -0.2) is 9.78 Å². The summed E-state index contributed by atoms with van der Waals surface area (Å²) in [6.07, 6.45) is 1.24. The molecule has 2 aromatic rings. The maximum absolute atomic E-state index is 10.8.